The fourth-order valence-corrected chi connectivity index (χ4v) is 2.31. The Kier molecular flexibility index (Phi) is 4.29. The Morgan fingerprint density at radius 1 is 1.20 bits per heavy atom. The number of aliphatic hydroxyl groups is 1. The number of nitrogens with zero attached hydrogens (tertiary/aromatic N) is 2. The second-order valence-electron chi connectivity index (χ2n) is 5.88. The van der Waals surface area contributed by atoms with Crippen molar-refractivity contribution in [1.82, 2.24) is 9.78 Å². The molecule has 0 saturated carbocycles. The lowest BCUT2D eigenvalue weighted by molar-refractivity contribution is 0.0564. The van der Waals surface area contributed by atoms with Gasteiger partial charge in [0.1, 0.15) is 0 Å². The van der Waals surface area contributed by atoms with Gasteiger partial charge in [0.05, 0.1) is 11.3 Å². The summed E-state index contributed by atoms with van der Waals surface area (Å²) in [4.78, 5) is 0. The van der Waals surface area contributed by atoms with E-state index >= 15 is 0 Å². The van der Waals surface area contributed by atoms with E-state index in [1.807, 2.05) is 36.0 Å². The van der Waals surface area contributed by atoms with Gasteiger partial charge in [-0.15, -0.1) is 0 Å². The van der Waals surface area contributed by atoms with Crippen LogP contribution in [-0.4, -0.2) is 14.9 Å². The van der Waals surface area contributed by atoms with Gasteiger partial charge in [-0.05, 0) is 44.4 Å². The van der Waals surface area contributed by atoms with Gasteiger partial charge >= 0.3 is 0 Å². The van der Waals surface area contributed by atoms with Gasteiger partial charge < -0.3 is 5.11 Å². The molecule has 0 saturated heterocycles. The summed E-state index contributed by atoms with van der Waals surface area (Å²) in [6.45, 7) is 8.17. The maximum atomic E-state index is 10.7. The van der Waals surface area contributed by atoms with Crippen molar-refractivity contribution in [3.63, 3.8) is 0 Å². The highest BCUT2D eigenvalue weighted by Gasteiger charge is 2.24. The molecule has 3 heteroatoms. The molecule has 0 spiro atoms. The molecule has 2 aromatic rings. The molecule has 20 heavy (non-hydrogen) atoms. The standard InChI is InChI=1S/C17H24N2O/c1-5-14-6-8-15(9-7-14)17(4,20)12-16-10-11-19(18-16)13(2)3/h6-11,13,20H,5,12H2,1-4H3. The van der Waals surface area contributed by atoms with Crippen LogP contribution in [0.1, 0.15) is 50.6 Å². The van der Waals surface area contributed by atoms with Crippen molar-refractivity contribution in [3.8, 4) is 0 Å². The normalized spacial score (nSPS) is 14.5. The van der Waals surface area contributed by atoms with Gasteiger partial charge in [0.2, 0.25) is 0 Å². The van der Waals surface area contributed by atoms with Crippen LogP contribution in [0.4, 0.5) is 0 Å². The Morgan fingerprint density at radius 2 is 1.85 bits per heavy atom. The molecule has 0 fully saturated rings. The molecule has 0 aliphatic rings. The highest BCUT2D eigenvalue weighted by Crippen LogP contribution is 2.25. The average Bonchev–Trinajstić information content (AvgIpc) is 2.87. The molecule has 1 aromatic heterocycles. The molecule has 1 heterocycles. The molecule has 0 radical (unpaired) electrons. The first-order chi connectivity index (χ1) is 9.42. The number of hydrogen-bond donors (Lipinski definition) is 1. The summed E-state index contributed by atoms with van der Waals surface area (Å²) >= 11 is 0. The zero-order chi connectivity index (χ0) is 14.8. The molecule has 0 bridgehead atoms. The second kappa shape index (κ2) is 5.80. The lowest BCUT2D eigenvalue weighted by atomic mass is 9.90. The van der Waals surface area contributed by atoms with E-state index in [-0.39, 0.29) is 0 Å². The quantitative estimate of drug-likeness (QED) is 0.905. The molecule has 3 nitrogen and oxygen atoms in total. The molecule has 0 aliphatic heterocycles. The maximum absolute atomic E-state index is 10.7. The van der Waals surface area contributed by atoms with Crippen molar-refractivity contribution in [2.45, 2.75) is 52.2 Å². The van der Waals surface area contributed by atoms with Crippen molar-refractivity contribution < 1.29 is 5.11 Å². The number of rotatable bonds is 5. The van der Waals surface area contributed by atoms with Gasteiger partial charge in [-0.2, -0.15) is 5.10 Å². The van der Waals surface area contributed by atoms with E-state index in [1.54, 1.807) is 0 Å². The van der Waals surface area contributed by atoms with Crippen LogP contribution in [0.2, 0.25) is 0 Å². The van der Waals surface area contributed by atoms with Gasteiger partial charge in [-0.3, -0.25) is 4.68 Å². The lowest BCUT2D eigenvalue weighted by Crippen LogP contribution is -2.24. The van der Waals surface area contributed by atoms with Crippen LogP contribution in [0.25, 0.3) is 0 Å². The fraction of sp³-hybridized carbons (Fsp3) is 0.471. The van der Waals surface area contributed by atoms with Gasteiger partial charge in [-0.25, -0.2) is 0 Å². The number of aryl methyl sites for hydroxylation is 1. The van der Waals surface area contributed by atoms with Crippen LogP contribution in [0.3, 0.4) is 0 Å². The summed E-state index contributed by atoms with van der Waals surface area (Å²) in [5, 5.41) is 15.2. The van der Waals surface area contributed by atoms with Crippen LogP contribution >= 0.6 is 0 Å². The molecule has 2 rings (SSSR count). The zero-order valence-electron chi connectivity index (χ0n) is 12.8. The summed E-state index contributed by atoms with van der Waals surface area (Å²) in [6, 6.07) is 10.5. The number of hydrogen-bond acceptors (Lipinski definition) is 2. The first kappa shape index (κ1) is 14.8. The Balaban J connectivity index is 2.16. The minimum absolute atomic E-state index is 0.345. The van der Waals surface area contributed by atoms with Crippen LogP contribution in [-0.2, 0) is 18.4 Å². The summed E-state index contributed by atoms with van der Waals surface area (Å²) in [7, 11) is 0. The number of benzene rings is 1. The molecule has 0 amide bonds. The van der Waals surface area contributed by atoms with Crippen molar-refractivity contribution >= 4 is 0 Å². The van der Waals surface area contributed by atoms with E-state index in [4.69, 9.17) is 0 Å². The minimum atomic E-state index is -0.886. The zero-order valence-corrected chi connectivity index (χ0v) is 12.8. The summed E-state index contributed by atoms with van der Waals surface area (Å²) in [5.41, 5.74) is 2.26. The van der Waals surface area contributed by atoms with Crippen LogP contribution in [0, 0.1) is 0 Å². The van der Waals surface area contributed by atoms with Crippen molar-refractivity contribution in [1.29, 1.82) is 0 Å². The van der Waals surface area contributed by atoms with Crippen molar-refractivity contribution in [2.75, 3.05) is 0 Å². The first-order valence-corrected chi connectivity index (χ1v) is 7.28. The fourth-order valence-electron chi connectivity index (χ4n) is 2.31. The van der Waals surface area contributed by atoms with Gasteiger partial charge in [0, 0.05) is 18.7 Å². The molecule has 108 valence electrons. The van der Waals surface area contributed by atoms with E-state index in [2.05, 4.69) is 38.0 Å². The maximum Gasteiger partial charge on any atom is 0.0924 e. The highest BCUT2D eigenvalue weighted by atomic mass is 16.3. The summed E-state index contributed by atoms with van der Waals surface area (Å²) in [5.74, 6) is 0. The molecule has 1 N–H and O–H groups in total. The molecule has 1 unspecified atom stereocenters. The van der Waals surface area contributed by atoms with Crippen LogP contribution < -0.4 is 0 Å². The average molecular weight is 272 g/mol. The van der Waals surface area contributed by atoms with E-state index in [9.17, 15) is 5.11 Å². The van der Waals surface area contributed by atoms with Gasteiger partial charge in [0.15, 0.2) is 0 Å². The minimum Gasteiger partial charge on any atom is -0.385 e. The molecular weight excluding hydrogens is 248 g/mol. The SMILES string of the molecule is CCc1ccc(C(C)(O)Cc2ccn(C(C)C)n2)cc1. The topological polar surface area (TPSA) is 38.0 Å². The third-order valence-corrected chi connectivity index (χ3v) is 3.70. The largest absolute Gasteiger partial charge is 0.385 e. The van der Waals surface area contributed by atoms with Gasteiger partial charge in [0.25, 0.3) is 0 Å². The third kappa shape index (κ3) is 3.28. The third-order valence-electron chi connectivity index (χ3n) is 3.70. The molecule has 1 atom stereocenters. The Hall–Kier alpha value is -1.61. The highest BCUT2D eigenvalue weighted by molar-refractivity contribution is 5.28. The Morgan fingerprint density at radius 3 is 2.35 bits per heavy atom. The monoisotopic (exact) mass is 272 g/mol. The summed E-state index contributed by atoms with van der Waals surface area (Å²) in [6.07, 6.45) is 3.51. The smallest absolute Gasteiger partial charge is 0.0924 e. The predicted molar refractivity (Wildman–Crippen MR) is 81.7 cm³/mol. The van der Waals surface area contributed by atoms with Crippen LogP contribution in [0.5, 0.6) is 0 Å². The second-order valence-corrected chi connectivity index (χ2v) is 5.88. The predicted octanol–water partition coefficient (Wildman–Crippen LogP) is 3.48. The lowest BCUT2D eigenvalue weighted by Gasteiger charge is -2.23. The van der Waals surface area contributed by atoms with E-state index in [1.165, 1.54) is 5.56 Å². The number of aromatic nitrogens is 2. The molecular formula is C17H24N2O. The Labute approximate surface area is 121 Å². The van der Waals surface area contributed by atoms with E-state index in [0.717, 1.165) is 17.7 Å². The Bertz CT molecular complexity index is 553. The first-order valence-electron chi connectivity index (χ1n) is 7.28. The molecule has 1 aromatic carbocycles. The van der Waals surface area contributed by atoms with Crippen molar-refractivity contribution in [2.24, 2.45) is 0 Å². The van der Waals surface area contributed by atoms with Crippen molar-refractivity contribution in [3.05, 3.63) is 53.3 Å². The van der Waals surface area contributed by atoms with E-state index in [0.29, 0.717) is 12.5 Å². The summed E-state index contributed by atoms with van der Waals surface area (Å²) < 4.78 is 1.92. The van der Waals surface area contributed by atoms with E-state index < -0.39 is 5.60 Å². The molecule has 0 aliphatic carbocycles. The van der Waals surface area contributed by atoms with Gasteiger partial charge in [-0.1, -0.05) is 31.2 Å². The van der Waals surface area contributed by atoms with Crippen LogP contribution in [0.15, 0.2) is 36.5 Å².